The molecule has 0 amide bonds. The molecule has 2 N–H and O–H groups in total. The summed E-state index contributed by atoms with van der Waals surface area (Å²) in [5.41, 5.74) is 0.895. The van der Waals surface area contributed by atoms with Gasteiger partial charge in [-0.2, -0.15) is 0 Å². The van der Waals surface area contributed by atoms with Crippen LogP contribution in [0.5, 0.6) is 0 Å². The molecule has 6 heteroatoms. The molecule has 6 nitrogen and oxygen atoms in total. The molecule has 1 aliphatic rings. The molecular formula is C15H18N4O2. The predicted molar refractivity (Wildman–Crippen MR) is 80.6 cm³/mol. The Morgan fingerprint density at radius 2 is 2.10 bits per heavy atom. The van der Waals surface area contributed by atoms with Gasteiger partial charge in [0.2, 0.25) is 0 Å². The number of hydrogen-bond donors (Lipinski definition) is 2. The van der Waals surface area contributed by atoms with Crippen LogP contribution in [0.4, 0.5) is 5.82 Å². The molecule has 0 spiro atoms. The van der Waals surface area contributed by atoms with Gasteiger partial charge in [-0.15, -0.1) is 0 Å². The van der Waals surface area contributed by atoms with Crippen LogP contribution in [0, 0.1) is 0 Å². The molecule has 0 saturated carbocycles. The lowest BCUT2D eigenvalue weighted by atomic mass is 10.1. The van der Waals surface area contributed by atoms with E-state index in [0.717, 1.165) is 37.1 Å². The standard InChI is InChI=1S/C15H18N4O2/c1-19-6-4-11(5-7-19)18-14-12-3-2-10(15(20)21)8-13(12)16-9-17-14/h2-3,8-9,11H,4-7H2,1H3,(H,20,21)(H,16,17,18). The number of likely N-dealkylation sites (tertiary alicyclic amines) is 1. The largest absolute Gasteiger partial charge is 0.478 e. The number of nitrogens with zero attached hydrogens (tertiary/aromatic N) is 3. The molecule has 110 valence electrons. The van der Waals surface area contributed by atoms with E-state index in [0.29, 0.717) is 11.6 Å². The van der Waals surface area contributed by atoms with Gasteiger partial charge in [0.15, 0.2) is 0 Å². The van der Waals surface area contributed by atoms with Crippen molar-refractivity contribution in [2.24, 2.45) is 0 Å². The number of rotatable bonds is 3. The Labute approximate surface area is 122 Å². The highest BCUT2D eigenvalue weighted by Crippen LogP contribution is 2.23. The summed E-state index contributed by atoms with van der Waals surface area (Å²) in [5, 5.41) is 13.4. The molecule has 0 atom stereocenters. The molecule has 0 unspecified atom stereocenters. The minimum absolute atomic E-state index is 0.242. The molecule has 21 heavy (non-hydrogen) atoms. The number of carboxylic acids is 1. The van der Waals surface area contributed by atoms with E-state index in [9.17, 15) is 4.79 Å². The molecule has 1 fully saturated rings. The number of carboxylic acid groups (broad SMARTS) is 1. The van der Waals surface area contributed by atoms with Crippen molar-refractivity contribution in [3.63, 3.8) is 0 Å². The van der Waals surface area contributed by atoms with Crippen molar-refractivity contribution in [2.75, 3.05) is 25.5 Å². The number of fused-ring (bicyclic) bond motifs is 1. The molecule has 1 aromatic carbocycles. The average Bonchev–Trinajstić information content (AvgIpc) is 2.49. The Morgan fingerprint density at radius 1 is 1.33 bits per heavy atom. The third-order valence-corrected chi connectivity index (χ3v) is 3.94. The van der Waals surface area contributed by atoms with Crippen LogP contribution in [-0.2, 0) is 0 Å². The smallest absolute Gasteiger partial charge is 0.335 e. The maximum absolute atomic E-state index is 11.0. The summed E-state index contributed by atoms with van der Waals surface area (Å²) in [5.74, 6) is -0.160. The second kappa shape index (κ2) is 5.65. The van der Waals surface area contributed by atoms with Crippen LogP contribution < -0.4 is 5.32 Å². The quantitative estimate of drug-likeness (QED) is 0.896. The predicted octanol–water partition coefficient (Wildman–Crippen LogP) is 1.83. The first-order chi connectivity index (χ1) is 10.1. The highest BCUT2D eigenvalue weighted by molar-refractivity contribution is 5.96. The summed E-state index contributed by atoms with van der Waals surface area (Å²) < 4.78 is 0. The normalized spacial score (nSPS) is 17.0. The lowest BCUT2D eigenvalue weighted by Gasteiger charge is -2.30. The number of hydrogen-bond acceptors (Lipinski definition) is 5. The zero-order valence-corrected chi connectivity index (χ0v) is 11.9. The summed E-state index contributed by atoms with van der Waals surface area (Å²) >= 11 is 0. The Morgan fingerprint density at radius 3 is 2.81 bits per heavy atom. The molecule has 0 radical (unpaired) electrons. The van der Waals surface area contributed by atoms with Gasteiger partial charge in [-0.1, -0.05) is 0 Å². The monoisotopic (exact) mass is 286 g/mol. The van der Waals surface area contributed by atoms with Crippen molar-refractivity contribution in [1.29, 1.82) is 0 Å². The molecule has 0 aliphatic carbocycles. The lowest BCUT2D eigenvalue weighted by Crippen LogP contribution is -2.36. The maximum Gasteiger partial charge on any atom is 0.335 e. The Hall–Kier alpha value is -2.21. The van der Waals surface area contributed by atoms with Crippen LogP contribution in [0.15, 0.2) is 24.5 Å². The fourth-order valence-corrected chi connectivity index (χ4v) is 2.65. The van der Waals surface area contributed by atoms with Crippen molar-refractivity contribution in [3.05, 3.63) is 30.1 Å². The summed E-state index contributed by atoms with van der Waals surface area (Å²) in [6, 6.07) is 5.35. The fourth-order valence-electron chi connectivity index (χ4n) is 2.65. The number of nitrogens with one attached hydrogen (secondary N) is 1. The van der Waals surface area contributed by atoms with E-state index in [1.54, 1.807) is 18.2 Å². The molecule has 1 aromatic heterocycles. The highest BCUT2D eigenvalue weighted by Gasteiger charge is 2.18. The van der Waals surface area contributed by atoms with Gasteiger partial charge >= 0.3 is 5.97 Å². The highest BCUT2D eigenvalue weighted by atomic mass is 16.4. The van der Waals surface area contributed by atoms with Gasteiger partial charge in [-0.25, -0.2) is 14.8 Å². The first-order valence-corrected chi connectivity index (χ1v) is 7.06. The SMILES string of the molecule is CN1CCC(Nc2ncnc3cc(C(=O)O)ccc23)CC1. The van der Waals surface area contributed by atoms with E-state index in [4.69, 9.17) is 5.11 Å². The Bertz CT molecular complexity index is 666. The zero-order chi connectivity index (χ0) is 14.8. The van der Waals surface area contributed by atoms with Crippen molar-refractivity contribution >= 4 is 22.7 Å². The van der Waals surface area contributed by atoms with Crippen molar-refractivity contribution in [2.45, 2.75) is 18.9 Å². The summed E-state index contributed by atoms with van der Waals surface area (Å²) in [6.45, 7) is 2.15. The first-order valence-electron chi connectivity index (χ1n) is 7.06. The summed E-state index contributed by atoms with van der Waals surface area (Å²) in [6.07, 6.45) is 3.63. The van der Waals surface area contributed by atoms with E-state index in [1.165, 1.54) is 6.33 Å². The molecule has 2 aromatic rings. The van der Waals surface area contributed by atoms with Gasteiger partial charge < -0.3 is 15.3 Å². The fraction of sp³-hybridized carbons (Fsp3) is 0.400. The molecule has 1 saturated heterocycles. The number of anilines is 1. The zero-order valence-electron chi connectivity index (χ0n) is 11.9. The number of carbonyl (C=O) groups is 1. The van der Waals surface area contributed by atoms with E-state index in [2.05, 4.69) is 27.2 Å². The maximum atomic E-state index is 11.0. The summed E-state index contributed by atoms with van der Waals surface area (Å²) in [7, 11) is 2.13. The molecule has 3 rings (SSSR count). The second-order valence-corrected chi connectivity index (χ2v) is 5.48. The summed E-state index contributed by atoms with van der Waals surface area (Å²) in [4.78, 5) is 21.8. The third-order valence-electron chi connectivity index (χ3n) is 3.94. The van der Waals surface area contributed by atoms with Crippen LogP contribution in [0.1, 0.15) is 23.2 Å². The minimum Gasteiger partial charge on any atom is -0.478 e. The lowest BCUT2D eigenvalue weighted by molar-refractivity contribution is 0.0697. The van der Waals surface area contributed by atoms with Crippen molar-refractivity contribution in [3.8, 4) is 0 Å². The van der Waals surface area contributed by atoms with Crippen LogP contribution >= 0.6 is 0 Å². The average molecular weight is 286 g/mol. The molecular weight excluding hydrogens is 268 g/mol. The third kappa shape index (κ3) is 2.95. The molecule has 0 bridgehead atoms. The molecule has 2 heterocycles. The van der Waals surface area contributed by atoms with Crippen LogP contribution in [0.3, 0.4) is 0 Å². The van der Waals surface area contributed by atoms with Gasteiger partial charge in [-0.05, 0) is 51.2 Å². The number of benzene rings is 1. The van der Waals surface area contributed by atoms with Gasteiger partial charge in [0.25, 0.3) is 0 Å². The van der Waals surface area contributed by atoms with E-state index in [1.807, 2.05) is 0 Å². The number of aromatic nitrogens is 2. The van der Waals surface area contributed by atoms with Crippen LogP contribution in [-0.4, -0.2) is 52.1 Å². The van der Waals surface area contributed by atoms with E-state index < -0.39 is 5.97 Å². The van der Waals surface area contributed by atoms with Crippen molar-refractivity contribution in [1.82, 2.24) is 14.9 Å². The topological polar surface area (TPSA) is 78.3 Å². The first kappa shape index (κ1) is 13.8. The molecule has 1 aliphatic heterocycles. The number of aromatic carboxylic acids is 1. The van der Waals surface area contributed by atoms with Gasteiger partial charge in [-0.3, -0.25) is 0 Å². The van der Waals surface area contributed by atoms with Crippen LogP contribution in [0.25, 0.3) is 10.9 Å². The van der Waals surface area contributed by atoms with Crippen molar-refractivity contribution < 1.29 is 9.90 Å². The second-order valence-electron chi connectivity index (χ2n) is 5.48. The Kier molecular flexibility index (Phi) is 3.70. The Balaban J connectivity index is 1.87. The van der Waals surface area contributed by atoms with Gasteiger partial charge in [0.1, 0.15) is 12.1 Å². The van der Waals surface area contributed by atoms with Gasteiger partial charge in [0, 0.05) is 11.4 Å². The van der Waals surface area contributed by atoms with E-state index >= 15 is 0 Å². The van der Waals surface area contributed by atoms with Gasteiger partial charge in [0.05, 0.1) is 11.1 Å². The minimum atomic E-state index is -0.944. The number of piperidine rings is 1. The van der Waals surface area contributed by atoms with Crippen LogP contribution in [0.2, 0.25) is 0 Å². The van der Waals surface area contributed by atoms with E-state index in [-0.39, 0.29) is 5.56 Å².